The number of amides is 1. The highest BCUT2D eigenvalue weighted by Gasteiger charge is 2.09. The number of para-hydroxylation sites is 1. The van der Waals surface area contributed by atoms with Crippen molar-refractivity contribution < 1.29 is 9.18 Å². The van der Waals surface area contributed by atoms with Crippen LogP contribution in [0.3, 0.4) is 0 Å². The van der Waals surface area contributed by atoms with Gasteiger partial charge in [0.05, 0.1) is 5.56 Å². The molecule has 0 heterocycles. The Bertz CT molecular complexity index is 923. The molecule has 0 aromatic heterocycles. The summed E-state index contributed by atoms with van der Waals surface area (Å²) in [6.07, 6.45) is 0. The predicted molar refractivity (Wildman–Crippen MR) is 93.2 cm³/mol. The third-order valence-electron chi connectivity index (χ3n) is 3.37. The predicted octanol–water partition coefficient (Wildman–Crippen LogP) is 4.48. The molecule has 3 aromatic carbocycles. The molecule has 0 aliphatic carbocycles. The summed E-state index contributed by atoms with van der Waals surface area (Å²) in [5, 5.41) is 2.84. The van der Waals surface area contributed by atoms with Gasteiger partial charge >= 0.3 is 0 Å². The van der Waals surface area contributed by atoms with E-state index < -0.39 is 0 Å². The Kier molecular flexibility index (Phi) is 4.69. The molecule has 0 bridgehead atoms. The maximum Gasteiger partial charge on any atom is 0.256 e. The zero-order chi connectivity index (χ0) is 16.8. The Morgan fingerprint density at radius 2 is 1.58 bits per heavy atom. The van der Waals surface area contributed by atoms with Crippen molar-refractivity contribution in [1.29, 1.82) is 0 Å². The SMILES string of the molecule is O=C(Nc1ccccc1)c1ccccc1C#Cc1cccc(F)c1. The van der Waals surface area contributed by atoms with Crippen molar-refractivity contribution in [3.05, 3.63) is 101 Å². The van der Waals surface area contributed by atoms with Crippen molar-refractivity contribution >= 4 is 11.6 Å². The second kappa shape index (κ2) is 7.26. The molecule has 0 radical (unpaired) electrons. The van der Waals surface area contributed by atoms with Crippen LogP contribution in [0.1, 0.15) is 21.5 Å². The van der Waals surface area contributed by atoms with Gasteiger partial charge in [0.25, 0.3) is 5.91 Å². The summed E-state index contributed by atoms with van der Waals surface area (Å²) in [7, 11) is 0. The van der Waals surface area contributed by atoms with Gasteiger partial charge in [-0.3, -0.25) is 4.79 Å². The first kappa shape index (κ1) is 15.5. The van der Waals surface area contributed by atoms with Crippen molar-refractivity contribution in [2.75, 3.05) is 5.32 Å². The fourth-order valence-corrected chi connectivity index (χ4v) is 2.22. The Morgan fingerprint density at radius 1 is 0.833 bits per heavy atom. The molecule has 1 amide bonds. The highest BCUT2D eigenvalue weighted by molar-refractivity contribution is 6.06. The number of halogens is 1. The lowest BCUT2D eigenvalue weighted by atomic mass is 10.1. The smallest absolute Gasteiger partial charge is 0.256 e. The van der Waals surface area contributed by atoms with Gasteiger partial charge in [-0.1, -0.05) is 48.2 Å². The first-order valence-electron chi connectivity index (χ1n) is 7.45. The van der Waals surface area contributed by atoms with Gasteiger partial charge in [-0.2, -0.15) is 0 Å². The lowest BCUT2D eigenvalue weighted by Crippen LogP contribution is -2.13. The van der Waals surface area contributed by atoms with Crippen LogP contribution >= 0.6 is 0 Å². The van der Waals surface area contributed by atoms with Crippen molar-refractivity contribution in [1.82, 2.24) is 0 Å². The molecule has 3 aromatic rings. The highest BCUT2D eigenvalue weighted by Crippen LogP contribution is 2.12. The first-order chi connectivity index (χ1) is 11.7. The molecule has 0 saturated carbocycles. The summed E-state index contributed by atoms with van der Waals surface area (Å²) >= 11 is 0. The lowest BCUT2D eigenvalue weighted by Gasteiger charge is -2.06. The molecule has 24 heavy (non-hydrogen) atoms. The van der Waals surface area contributed by atoms with E-state index >= 15 is 0 Å². The van der Waals surface area contributed by atoms with Gasteiger partial charge < -0.3 is 5.32 Å². The Labute approximate surface area is 140 Å². The van der Waals surface area contributed by atoms with E-state index in [9.17, 15) is 9.18 Å². The van der Waals surface area contributed by atoms with E-state index in [1.165, 1.54) is 12.1 Å². The minimum atomic E-state index is -0.336. The summed E-state index contributed by atoms with van der Waals surface area (Å²) in [5.74, 6) is 5.27. The number of nitrogens with one attached hydrogen (secondary N) is 1. The van der Waals surface area contributed by atoms with E-state index in [2.05, 4.69) is 17.2 Å². The van der Waals surface area contributed by atoms with Crippen LogP contribution < -0.4 is 5.32 Å². The Hall–Kier alpha value is -3.38. The molecular formula is C21H14FNO. The fourth-order valence-electron chi connectivity index (χ4n) is 2.22. The maximum absolute atomic E-state index is 13.2. The number of hydrogen-bond acceptors (Lipinski definition) is 1. The van der Waals surface area contributed by atoms with Crippen LogP contribution in [0.4, 0.5) is 10.1 Å². The van der Waals surface area contributed by atoms with Crippen LogP contribution in [-0.2, 0) is 0 Å². The minimum Gasteiger partial charge on any atom is -0.322 e. The number of hydrogen-bond donors (Lipinski definition) is 1. The fraction of sp³-hybridized carbons (Fsp3) is 0. The van der Waals surface area contributed by atoms with E-state index in [4.69, 9.17) is 0 Å². The molecule has 0 aliphatic heterocycles. The number of rotatable bonds is 2. The van der Waals surface area contributed by atoms with Crippen LogP contribution in [0, 0.1) is 17.7 Å². The molecular weight excluding hydrogens is 301 g/mol. The molecule has 0 saturated heterocycles. The summed E-state index contributed by atoms with van der Waals surface area (Å²) in [6, 6.07) is 22.4. The molecule has 0 atom stereocenters. The monoisotopic (exact) mass is 315 g/mol. The van der Waals surface area contributed by atoms with E-state index in [1.54, 1.807) is 30.3 Å². The largest absolute Gasteiger partial charge is 0.322 e. The number of anilines is 1. The number of benzene rings is 3. The second-order valence-electron chi connectivity index (χ2n) is 5.13. The average molecular weight is 315 g/mol. The number of carbonyl (C=O) groups excluding carboxylic acids is 1. The summed E-state index contributed by atoms with van der Waals surface area (Å²) < 4.78 is 13.2. The molecule has 0 aliphatic rings. The van der Waals surface area contributed by atoms with Crippen molar-refractivity contribution in [3.8, 4) is 11.8 Å². The Morgan fingerprint density at radius 3 is 2.38 bits per heavy atom. The molecule has 2 nitrogen and oxygen atoms in total. The van der Waals surface area contributed by atoms with Gasteiger partial charge in [0.2, 0.25) is 0 Å². The van der Waals surface area contributed by atoms with Crippen molar-refractivity contribution in [2.24, 2.45) is 0 Å². The zero-order valence-electron chi connectivity index (χ0n) is 12.8. The quantitative estimate of drug-likeness (QED) is 0.694. The molecule has 3 heteroatoms. The molecule has 0 unspecified atom stereocenters. The van der Waals surface area contributed by atoms with Crippen LogP contribution in [0.15, 0.2) is 78.9 Å². The standard InChI is InChI=1S/C21H14FNO/c22-18-9-6-7-16(15-18)13-14-17-8-4-5-12-20(17)21(24)23-19-10-2-1-3-11-19/h1-12,15H,(H,23,24). The summed E-state index contributed by atoms with van der Waals surface area (Å²) in [6.45, 7) is 0. The third kappa shape index (κ3) is 3.88. The van der Waals surface area contributed by atoms with Gasteiger partial charge in [0.1, 0.15) is 5.82 Å². The summed E-state index contributed by atoms with van der Waals surface area (Å²) in [5.41, 5.74) is 2.35. The normalized spacial score (nSPS) is 9.71. The minimum absolute atomic E-state index is 0.231. The van der Waals surface area contributed by atoms with Crippen molar-refractivity contribution in [2.45, 2.75) is 0 Å². The van der Waals surface area contributed by atoms with Crippen LogP contribution in [0.5, 0.6) is 0 Å². The summed E-state index contributed by atoms with van der Waals surface area (Å²) in [4.78, 5) is 12.5. The van der Waals surface area contributed by atoms with Crippen molar-refractivity contribution in [3.63, 3.8) is 0 Å². The zero-order valence-corrected chi connectivity index (χ0v) is 12.8. The van der Waals surface area contributed by atoms with Gasteiger partial charge in [-0.05, 0) is 42.5 Å². The second-order valence-corrected chi connectivity index (χ2v) is 5.13. The molecule has 3 rings (SSSR count). The molecule has 116 valence electrons. The molecule has 0 spiro atoms. The van der Waals surface area contributed by atoms with Gasteiger partial charge in [0.15, 0.2) is 0 Å². The average Bonchev–Trinajstić information content (AvgIpc) is 2.61. The third-order valence-corrected chi connectivity index (χ3v) is 3.37. The van der Waals surface area contributed by atoms with E-state index in [-0.39, 0.29) is 11.7 Å². The van der Waals surface area contributed by atoms with Gasteiger partial charge in [0, 0.05) is 16.8 Å². The maximum atomic E-state index is 13.2. The number of carbonyl (C=O) groups is 1. The Balaban J connectivity index is 1.87. The highest BCUT2D eigenvalue weighted by atomic mass is 19.1. The van der Waals surface area contributed by atoms with Crippen LogP contribution in [-0.4, -0.2) is 5.91 Å². The topological polar surface area (TPSA) is 29.1 Å². The molecule has 1 N–H and O–H groups in total. The van der Waals surface area contributed by atoms with Crippen LogP contribution in [0.2, 0.25) is 0 Å². The van der Waals surface area contributed by atoms with E-state index in [0.29, 0.717) is 16.7 Å². The van der Waals surface area contributed by atoms with E-state index in [0.717, 1.165) is 5.69 Å². The van der Waals surface area contributed by atoms with Gasteiger partial charge in [-0.25, -0.2) is 4.39 Å². The molecule has 0 fully saturated rings. The lowest BCUT2D eigenvalue weighted by molar-refractivity contribution is 0.102. The van der Waals surface area contributed by atoms with E-state index in [1.807, 2.05) is 36.4 Å². The van der Waals surface area contributed by atoms with Crippen LogP contribution in [0.25, 0.3) is 0 Å². The van der Waals surface area contributed by atoms with Gasteiger partial charge in [-0.15, -0.1) is 0 Å². The first-order valence-corrected chi connectivity index (χ1v) is 7.45.